The van der Waals surface area contributed by atoms with Gasteiger partial charge >= 0.3 is 0 Å². The molecule has 0 aliphatic rings. The molecule has 3 nitrogen and oxygen atoms in total. The highest BCUT2D eigenvalue weighted by molar-refractivity contribution is 5.82. The van der Waals surface area contributed by atoms with Crippen LogP contribution < -0.4 is 5.32 Å². The number of benzene rings is 2. The molecule has 0 amide bonds. The highest BCUT2D eigenvalue weighted by atomic mass is 16.3. The number of rotatable bonds is 6. The second-order valence-corrected chi connectivity index (χ2v) is 5.80. The molecule has 0 spiro atoms. The summed E-state index contributed by atoms with van der Waals surface area (Å²) in [7, 11) is 0. The fourth-order valence-corrected chi connectivity index (χ4v) is 2.98. The van der Waals surface area contributed by atoms with Crippen LogP contribution >= 0.6 is 0 Å². The van der Waals surface area contributed by atoms with Crippen LogP contribution in [0.4, 0.5) is 0 Å². The molecule has 1 unspecified atom stereocenters. The highest BCUT2D eigenvalue weighted by Crippen LogP contribution is 2.21. The Labute approximate surface area is 137 Å². The summed E-state index contributed by atoms with van der Waals surface area (Å²) in [5, 5.41) is 14.1. The lowest BCUT2D eigenvalue weighted by Crippen LogP contribution is -2.22. The maximum Gasteiger partial charge on any atom is 0.0708 e. The van der Waals surface area contributed by atoms with E-state index in [1.54, 1.807) is 0 Å². The van der Waals surface area contributed by atoms with Gasteiger partial charge in [-0.25, -0.2) is 0 Å². The summed E-state index contributed by atoms with van der Waals surface area (Å²) < 4.78 is 0. The highest BCUT2D eigenvalue weighted by Gasteiger charge is 2.11. The second kappa shape index (κ2) is 7.36. The third kappa shape index (κ3) is 3.76. The lowest BCUT2D eigenvalue weighted by Gasteiger charge is -2.19. The zero-order valence-electron chi connectivity index (χ0n) is 13.4. The molecule has 0 aliphatic heterocycles. The number of hydrogen-bond donors (Lipinski definition) is 2. The number of nitrogens with zero attached hydrogens (tertiary/aromatic N) is 1. The van der Waals surface area contributed by atoms with Crippen LogP contribution in [0.1, 0.15) is 29.3 Å². The molecule has 1 heterocycles. The normalized spacial score (nSPS) is 12.4. The van der Waals surface area contributed by atoms with Crippen molar-refractivity contribution >= 4 is 10.9 Å². The Hall–Kier alpha value is -2.23. The monoisotopic (exact) mass is 306 g/mol. The van der Waals surface area contributed by atoms with Gasteiger partial charge < -0.3 is 10.4 Å². The molecule has 2 N–H and O–H groups in total. The van der Waals surface area contributed by atoms with Gasteiger partial charge in [0.15, 0.2) is 0 Å². The molecule has 0 radical (unpaired) electrons. The van der Waals surface area contributed by atoms with Crippen LogP contribution in [0.5, 0.6) is 0 Å². The second-order valence-electron chi connectivity index (χ2n) is 5.80. The molecule has 1 atom stereocenters. The van der Waals surface area contributed by atoms with Gasteiger partial charge in [0, 0.05) is 30.3 Å². The molecule has 0 saturated carbocycles. The third-order valence-electron chi connectivity index (χ3n) is 4.09. The first-order chi connectivity index (χ1) is 11.3. The van der Waals surface area contributed by atoms with Gasteiger partial charge in [0.2, 0.25) is 0 Å². The minimum atomic E-state index is 0.147. The van der Waals surface area contributed by atoms with E-state index in [4.69, 9.17) is 0 Å². The summed E-state index contributed by atoms with van der Waals surface area (Å²) in [6, 6.07) is 20.8. The zero-order chi connectivity index (χ0) is 16.1. The maximum absolute atomic E-state index is 9.36. The number of fused-ring (bicyclic) bond motifs is 1. The number of pyridine rings is 1. The van der Waals surface area contributed by atoms with E-state index in [0.29, 0.717) is 6.42 Å². The number of aliphatic hydroxyl groups excluding tert-OH is 1. The summed E-state index contributed by atoms with van der Waals surface area (Å²) in [4.78, 5) is 4.59. The van der Waals surface area contributed by atoms with Crippen LogP contribution in [0.3, 0.4) is 0 Å². The van der Waals surface area contributed by atoms with Gasteiger partial charge in [-0.05, 0) is 36.6 Å². The van der Waals surface area contributed by atoms with Crippen molar-refractivity contribution in [2.45, 2.75) is 25.9 Å². The van der Waals surface area contributed by atoms with E-state index in [1.165, 1.54) is 16.5 Å². The van der Waals surface area contributed by atoms with E-state index in [-0.39, 0.29) is 12.6 Å². The lowest BCUT2D eigenvalue weighted by molar-refractivity contribution is 0.265. The Morgan fingerprint density at radius 1 is 1.04 bits per heavy atom. The largest absolute Gasteiger partial charge is 0.396 e. The van der Waals surface area contributed by atoms with Crippen LogP contribution in [0.25, 0.3) is 10.9 Å². The van der Waals surface area contributed by atoms with E-state index in [9.17, 15) is 5.11 Å². The van der Waals surface area contributed by atoms with Crippen LogP contribution in [0, 0.1) is 6.92 Å². The predicted molar refractivity (Wildman–Crippen MR) is 94.2 cm³/mol. The van der Waals surface area contributed by atoms with Crippen LogP contribution in [-0.4, -0.2) is 16.7 Å². The molecule has 0 bridgehead atoms. The average Bonchev–Trinajstić information content (AvgIpc) is 2.59. The van der Waals surface area contributed by atoms with E-state index in [2.05, 4.69) is 34.6 Å². The molecule has 1 aromatic heterocycles. The molecule has 2 aromatic carbocycles. The molecular weight excluding hydrogens is 284 g/mol. The number of aliphatic hydroxyl groups is 1. The van der Waals surface area contributed by atoms with Crippen molar-refractivity contribution in [2.75, 3.05) is 6.61 Å². The first kappa shape index (κ1) is 15.7. The van der Waals surface area contributed by atoms with Crippen molar-refractivity contribution in [3.05, 3.63) is 77.5 Å². The molecule has 0 fully saturated rings. The molecule has 23 heavy (non-hydrogen) atoms. The van der Waals surface area contributed by atoms with Gasteiger partial charge in [-0.3, -0.25) is 4.98 Å². The van der Waals surface area contributed by atoms with E-state index in [1.807, 2.05) is 43.3 Å². The number of hydrogen-bond acceptors (Lipinski definition) is 3. The summed E-state index contributed by atoms with van der Waals surface area (Å²) in [5.41, 5.74) is 4.50. The fourth-order valence-electron chi connectivity index (χ4n) is 2.98. The molecule has 3 heteroatoms. The number of para-hydroxylation sites is 1. The van der Waals surface area contributed by atoms with E-state index < -0.39 is 0 Å². The smallest absolute Gasteiger partial charge is 0.0708 e. The van der Waals surface area contributed by atoms with Gasteiger partial charge in [0.05, 0.1) is 5.52 Å². The molecular formula is C20H22N2O. The fraction of sp³-hybridized carbons (Fsp3) is 0.250. The average molecular weight is 306 g/mol. The van der Waals surface area contributed by atoms with Crippen LogP contribution in [0.2, 0.25) is 0 Å². The minimum Gasteiger partial charge on any atom is -0.396 e. The first-order valence-electron chi connectivity index (χ1n) is 8.02. The van der Waals surface area contributed by atoms with Gasteiger partial charge in [-0.15, -0.1) is 0 Å². The SMILES string of the molecule is Cc1cc(CNC(CCO)c2ccccc2)c2ccccc2n1. The number of nitrogens with one attached hydrogen (secondary N) is 1. The molecule has 0 saturated heterocycles. The topological polar surface area (TPSA) is 45.1 Å². The summed E-state index contributed by atoms with van der Waals surface area (Å²) in [5.74, 6) is 0. The van der Waals surface area contributed by atoms with Gasteiger partial charge in [0.1, 0.15) is 0 Å². The molecule has 3 aromatic rings. The van der Waals surface area contributed by atoms with Crippen molar-refractivity contribution in [2.24, 2.45) is 0 Å². The van der Waals surface area contributed by atoms with Crippen molar-refractivity contribution in [3.63, 3.8) is 0 Å². The summed E-state index contributed by atoms with van der Waals surface area (Å²) in [6.45, 7) is 2.95. The Balaban J connectivity index is 1.84. The third-order valence-corrected chi connectivity index (χ3v) is 4.09. The summed E-state index contributed by atoms with van der Waals surface area (Å²) >= 11 is 0. The first-order valence-corrected chi connectivity index (χ1v) is 8.02. The standard InChI is InChI=1S/C20H22N2O/c1-15-13-17(18-9-5-6-10-20(18)22-15)14-21-19(11-12-23)16-7-3-2-4-8-16/h2-10,13,19,21,23H,11-12,14H2,1H3. The number of aryl methyl sites for hydroxylation is 1. The molecule has 0 aliphatic carbocycles. The Morgan fingerprint density at radius 3 is 2.57 bits per heavy atom. The van der Waals surface area contributed by atoms with E-state index >= 15 is 0 Å². The quantitative estimate of drug-likeness (QED) is 0.729. The van der Waals surface area contributed by atoms with Crippen molar-refractivity contribution in [1.82, 2.24) is 10.3 Å². The Bertz CT molecular complexity index is 771. The van der Waals surface area contributed by atoms with Crippen molar-refractivity contribution < 1.29 is 5.11 Å². The maximum atomic E-state index is 9.36. The van der Waals surface area contributed by atoms with Crippen LogP contribution in [0.15, 0.2) is 60.7 Å². The molecule has 3 rings (SSSR count). The number of aromatic nitrogens is 1. The molecule has 118 valence electrons. The minimum absolute atomic E-state index is 0.147. The van der Waals surface area contributed by atoms with E-state index in [0.717, 1.165) is 17.8 Å². The zero-order valence-corrected chi connectivity index (χ0v) is 13.4. The van der Waals surface area contributed by atoms with Crippen molar-refractivity contribution in [1.29, 1.82) is 0 Å². The Kier molecular flexibility index (Phi) is 5.01. The van der Waals surface area contributed by atoms with Crippen LogP contribution in [-0.2, 0) is 6.54 Å². The lowest BCUT2D eigenvalue weighted by atomic mass is 10.0. The summed E-state index contributed by atoms with van der Waals surface area (Å²) in [6.07, 6.45) is 0.700. The van der Waals surface area contributed by atoms with Gasteiger partial charge in [-0.2, -0.15) is 0 Å². The van der Waals surface area contributed by atoms with Gasteiger partial charge in [-0.1, -0.05) is 48.5 Å². The Morgan fingerprint density at radius 2 is 1.78 bits per heavy atom. The van der Waals surface area contributed by atoms with Gasteiger partial charge in [0.25, 0.3) is 0 Å². The van der Waals surface area contributed by atoms with Crippen molar-refractivity contribution in [3.8, 4) is 0 Å². The predicted octanol–water partition coefficient (Wildman–Crippen LogP) is 3.76.